The lowest BCUT2D eigenvalue weighted by Gasteiger charge is -2.08. The molecule has 0 unspecified atom stereocenters. The van der Waals surface area contributed by atoms with Gasteiger partial charge in [0.1, 0.15) is 5.82 Å². The molecule has 1 rings (SSSR count). The Labute approximate surface area is 96.2 Å². The van der Waals surface area contributed by atoms with Crippen molar-refractivity contribution < 1.29 is 18.0 Å². The predicted molar refractivity (Wildman–Crippen MR) is 56.4 cm³/mol. The van der Waals surface area contributed by atoms with E-state index in [1.165, 1.54) is 6.07 Å². The first-order chi connectivity index (χ1) is 7.93. The van der Waals surface area contributed by atoms with E-state index in [-0.39, 0.29) is 18.3 Å². The maximum atomic E-state index is 12.2. The molecule has 0 bridgehead atoms. The molecule has 0 fully saturated rings. The highest BCUT2D eigenvalue weighted by Crippen LogP contribution is 2.28. The van der Waals surface area contributed by atoms with Gasteiger partial charge in [0.25, 0.3) is 0 Å². The molecule has 1 heterocycles. The van der Waals surface area contributed by atoms with Crippen LogP contribution < -0.4 is 10.6 Å². The van der Waals surface area contributed by atoms with Gasteiger partial charge in [0.2, 0.25) is 5.91 Å². The van der Waals surface area contributed by atoms with E-state index in [1.54, 1.807) is 6.92 Å². The van der Waals surface area contributed by atoms with E-state index in [9.17, 15) is 18.0 Å². The largest absolute Gasteiger partial charge is 0.417 e. The summed E-state index contributed by atoms with van der Waals surface area (Å²) in [5.74, 6) is -0.0153. The molecule has 4 nitrogen and oxygen atoms in total. The Morgan fingerprint density at radius 2 is 2.12 bits per heavy atom. The molecular formula is C10H12F3N3O. The minimum absolute atomic E-state index is 0.0216. The van der Waals surface area contributed by atoms with Gasteiger partial charge in [-0.15, -0.1) is 0 Å². The van der Waals surface area contributed by atoms with Gasteiger partial charge in [0, 0.05) is 12.7 Å². The van der Waals surface area contributed by atoms with E-state index in [4.69, 9.17) is 0 Å². The maximum Gasteiger partial charge on any atom is 0.417 e. The van der Waals surface area contributed by atoms with Crippen LogP contribution in [0.1, 0.15) is 12.5 Å². The molecule has 0 atom stereocenters. The van der Waals surface area contributed by atoms with Crippen molar-refractivity contribution in [2.45, 2.75) is 13.1 Å². The number of pyridine rings is 1. The van der Waals surface area contributed by atoms with Crippen molar-refractivity contribution in [1.29, 1.82) is 0 Å². The third-order valence-corrected chi connectivity index (χ3v) is 1.89. The first-order valence-electron chi connectivity index (χ1n) is 4.97. The second-order valence-electron chi connectivity index (χ2n) is 3.24. The minimum atomic E-state index is -4.40. The highest BCUT2D eigenvalue weighted by Gasteiger charge is 2.30. The fraction of sp³-hybridized carbons (Fsp3) is 0.400. The Morgan fingerprint density at radius 3 is 2.59 bits per heavy atom. The summed E-state index contributed by atoms with van der Waals surface area (Å²) >= 11 is 0. The molecule has 0 spiro atoms. The predicted octanol–water partition coefficient (Wildman–Crippen LogP) is 1.65. The lowest BCUT2D eigenvalue weighted by atomic mass is 10.3. The van der Waals surface area contributed by atoms with Crippen LogP contribution in [0.3, 0.4) is 0 Å². The van der Waals surface area contributed by atoms with Crippen LogP contribution in [0, 0.1) is 0 Å². The highest BCUT2D eigenvalue weighted by molar-refractivity contribution is 5.80. The van der Waals surface area contributed by atoms with E-state index in [2.05, 4.69) is 15.6 Å². The topological polar surface area (TPSA) is 54.0 Å². The zero-order chi connectivity index (χ0) is 12.9. The molecule has 94 valence electrons. The summed E-state index contributed by atoms with van der Waals surface area (Å²) in [6.07, 6.45) is -3.68. The molecule has 0 radical (unpaired) electrons. The van der Waals surface area contributed by atoms with Crippen LogP contribution in [-0.2, 0) is 11.0 Å². The summed E-state index contributed by atoms with van der Waals surface area (Å²) in [5, 5.41) is 5.16. The third kappa shape index (κ3) is 4.29. The Bertz CT molecular complexity index is 375. The second-order valence-corrected chi connectivity index (χ2v) is 3.24. The van der Waals surface area contributed by atoms with Gasteiger partial charge in [0.05, 0.1) is 12.1 Å². The van der Waals surface area contributed by atoms with Gasteiger partial charge in [-0.2, -0.15) is 13.2 Å². The van der Waals surface area contributed by atoms with Crippen LogP contribution in [0.15, 0.2) is 18.3 Å². The summed E-state index contributed by atoms with van der Waals surface area (Å²) in [6, 6.07) is 2.09. The van der Waals surface area contributed by atoms with Gasteiger partial charge in [-0.3, -0.25) is 4.79 Å². The molecule has 0 saturated heterocycles. The van der Waals surface area contributed by atoms with Crippen LogP contribution in [0.2, 0.25) is 0 Å². The van der Waals surface area contributed by atoms with Crippen molar-refractivity contribution in [2.24, 2.45) is 0 Å². The molecule has 2 N–H and O–H groups in total. The van der Waals surface area contributed by atoms with Gasteiger partial charge < -0.3 is 10.6 Å². The molecule has 0 aliphatic carbocycles. The lowest BCUT2D eigenvalue weighted by molar-refractivity contribution is -0.137. The maximum absolute atomic E-state index is 12.2. The number of nitrogens with zero attached hydrogens (tertiary/aromatic N) is 1. The molecule has 0 aliphatic rings. The Balaban J connectivity index is 2.54. The number of aromatic nitrogens is 1. The van der Waals surface area contributed by atoms with Crippen molar-refractivity contribution in [3.05, 3.63) is 23.9 Å². The highest BCUT2D eigenvalue weighted by atomic mass is 19.4. The summed E-state index contributed by atoms with van der Waals surface area (Å²) in [5.41, 5.74) is -0.818. The fourth-order valence-electron chi connectivity index (χ4n) is 1.10. The zero-order valence-electron chi connectivity index (χ0n) is 9.14. The molecule has 17 heavy (non-hydrogen) atoms. The van der Waals surface area contributed by atoms with Gasteiger partial charge in [-0.05, 0) is 19.1 Å². The number of rotatable bonds is 4. The molecule has 0 aromatic carbocycles. The van der Waals surface area contributed by atoms with E-state index in [1.807, 2.05) is 0 Å². The molecule has 7 heteroatoms. The normalized spacial score (nSPS) is 11.1. The quantitative estimate of drug-likeness (QED) is 0.850. The average molecular weight is 247 g/mol. The Kier molecular flexibility index (Phi) is 4.30. The second kappa shape index (κ2) is 5.51. The molecule has 0 saturated carbocycles. The van der Waals surface area contributed by atoms with Gasteiger partial charge in [0.15, 0.2) is 0 Å². The average Bonchev–Trinajstić information content (AvgIpc) is 2.26. The van der Waals surface area contributed by atoms with Gasteiger partial charge in [-0.1, -0.05) is 0 Å². The van der Waals surface area contributed by atoms with Crippen LogP contribution >= 0.6 is 0 Å². The SMILES string of the molecule is CCNC(=O)CNc1ccc(C(F)(F)F)cn1. The van der Waals surface area contributed by atoms with Crippen molar-refractivity contribution >= 4 is 11.7 Å². The number of nitrogens with one attached hydrogen (secondary N) is 2. The smallest absolute Gasteiger partial charge is 0.361 e. The zero-order valence-corrected chi connectivity index (χ0v) is 9.14. The molecule has 0 aliphatic heterocycles. The van der Waals surface area contributed by atoms with E-state index in [0.29, 0.717) is 6.54 Å². The number of alkyl halides is 3. The van der Waals surface area contributed by atoms with Crippen LogP contribution in [0.4, 0.5) is 19.0 Å². The van der Waals surface area contributed by atoms with Crippen molar-refractivity contribution in [3.63, 3.8) is 0 Å². The number of hydrogen-bond donors (Lipinski definition) is 2. The molecule has 1 amide bonds. The third-order valence-electron chi connectivity index (χ3n) is 1.89. The Morgan fingerprint density at radius 1 is 1.41 bits per heavy atom. The van der Waals surface area contributed by atoms with E-state index < -0.39 is 11.7 Å². The number of amides is 1. The van der Waals surface area contributed by atoms with E-state index in [0.717, 1.165) is 12.3 Å². The first kappa shape index (κ1) is 13.3. The first-order valence-corrected chi connectivity index (χ1v) is 4.97. The lowest BCUT2D eigenvalue weighted by Crippen LogP contribution is -2.29. The standard InChI is InChI=1S/C10H12F3N3O/c1-2-14-9(17)6-16-8-4-3-7(5-15-8)10(11,12)13/h3-5H,2,6H2,1H3,(H,14,17)(H,15,16). The molecule has 1 aromatic heterocycles. The number of carbonyl (C=O) groups is 1. The Hall–Kier alpha value is -1.79. The van der Waals surface area contributed by atoms with Gasteiger partial charge in [-0.25, -0.2) is 4.98 Å². The summed E-state index contributed by atoms with van der Waals surface area (Å²) in [7, 11) is 0. The fourth-order valence-corrected chi connectivity index (χ4v) is 1.10. The van der Waals surface area contributed by atoms with Crippen LogP contribution in [-0.4, -0.2) is 24.0 Å². The van der Waals surface area contributed by atoms with Crippen LogP contribution in [0.25, 0.3) is 0 Å². The number of likely N-dealkylation sites (N-methyl/N-ethyl adjacent to an activating group) is 1. The molecular weight excluding hydrogens is 235 g/mol. The number of halogens is 3. The number of carbonyl (C=O) groups excluding carboxylic acids is 1. The molecule has 1 aromatic rings. The van der Waals surface area contributed by atoms with Crippen molar-refractivity contribution in [3.8, 4) is 0 Å². The monoisotopic (exact) mass is 247 g/mol. The van der Waals surface area contributed by atoms with Crippen LogP contribution in [0.5, 0.6) is 0 Å². The summed E-state index contributed by atoms with van der Waals surface area (Å²) < 4.78 is 36.6. The number of hydrogen-bond acceptors (Lipinski definition) is 3. The minimum Gasteiger partial charge on any atom is -0.361 e. The summed E-state index contributed by atoms with van der Waals surface area (Å²) in [6.45, 7) is 2.25. The van der Waals surface area contributed by atoms with E-state index >= 15 is 0 Å². The van der Waals surface area contributed by atoms with Crippen molar-refractivity contribution in [2.75, 3.05) is 18.4 Å². The van der Waals surface area contributed by atoms with Gasteiger partial charge >= 0.3 is 6.18 Å². The van der Waals surface area contributed by atoms with Crippen molar-refractivity contribution in [1.82, 2.24) is 10.3 Å². The summed E-state index contributed by atoms with van der Waals surface area (Å²) in [4.78, 5) is 14.6. The number of anilines is 1.